The number of ketones is 1. The zero-order chi connectivity index (χ0) is 18.3. The van der Waals surface area contributed by atoms with Crippen molar-refractivity contribution in [3.63, 3.8) is 0 Å². The summed E-state index contributed by atoms with van der Waals surface area (Å²) in [7, 11) is 0. The van der Waals surface area contributed by atoms with Gasteiger partial charge in [0.1, 0.15) is 0 Å². The maximum atomic E-state index is 12.5. The Labute approximate surface area is 161 Å². The van der Waals surface area contributed by atoms with Gasteiger partial charge in [-0.25, -0.2) is 0 Å². The SMILES string of the molecule is Cc1ccc2c(c1Br)C(=O)C(=O)N2CN1CCN(c2ccccc2)CC1. The molecule has 0 bridgehead atoms. The molecule has 1 fully saturated rings. The van der Waals surface area contributed by atoms with Crippen molar-refractivity contribution in [2.24, 2.45) is 0 Å². The van der Waals surface area contributed by atoms with Gasteiger partial charge in [-0.2, -0.15) is 0 Å². The highest BCUT2D eigenvalue weighted by atomic mass is 79.9. The van der Waals surface area contributed by atoms with E-state index in [9.17, 15) is 9.59 Å². The van der Waals surface area contributed by atoms with Crippen molar-refractivity contribution in [1.29, 1.82) is 0 Å². The van der Waals surface area contributed by atoms with Gasteiger partial charge in [-0.1, -0.05) is 24.3 Å². The fourth-order valence-corrected chi connectivity index (χ4v) is 4.09. The van der Waals surface area contributed by atoms with Crippen LogP contribution < -0.4 is 9.80 Å². The lowest BCUT2D eigenvalue weighted by Gasteiger charge is -2.37. The van der Waals surface area contributed by atoms with E-state index in [2.05, 4.69) is 37.9 Å². The fraction of sp³-hybridized carbons (Fsp3) is 0.300. The Hall–Kier alpha value is -2.18. The Morgan fingerprint density at radius 3 is 2.35 bits per heavy atom. The summed E-state index contributed by atoms with van der Waals surface area (Å²) in [5.41, 5.74) is 3.40. The highest BCUT2D eigenvalue weighted by Gasteiger charge is 2.38. The third-order valence-corrected chi connectivity index (χ3v) is 6.13. The number of amides is 1. The summed E-state index contributed by atoms with van der Waals surface area (Å²) < 4.78 is 0.727. The molecule has 1 amide bonds. The number of halogens is 1. The van der Waals surface area contributed by atoms with Crippen molar-refractivity contribution in [1.82, 2.24) is 4.90 Å². The van der Waals surface area contributed by atoms with E-state index in [1.54, 1.807) is 4.90 Å². The molecule has 1 saturated heterocycles. The van der Waals surface area contributed by atoms with Gasteiger partial charge in [0.05, 0.1) is 17.9 Å². The molecule has 2 aromatic carbocycles. The van der Waals surface area contributed by atoms with Gasteiger partial charge in [-0.15, -0.1) is 0 Å². The van der Waals surface area contributed by atoms with E-state index in [0.717, 1.165) is 36.2 Å². The molecule has 0 atom stereocenters. The predicted molar refractivity (Wildman–Crippen MR) is 106 cm³/mol. The Morgan fingerprint density at radius 1 is 0.962 bits per heavy atom. The number of nitrogens with zero attached hydrogens (tertiary/aromatic N) is 3. The lowest BCUT2D eigenvalue weighted by molar-refractivity contribution is -0.114. The molecule has 4 rings (SSSR count). The third kappa shape index (κ3) is 2.93. The molecule has 0 aromatic heterocycles. The lowest BCUT2D eigenvalue weighted by atomic mass is 10.1. The van der Waals surface area contributed by atoms with Crippen LogP contribution in [0.4, 0.5) is 11.4 Å². The smallest absolute Gasteiger partial charge is 0.300 e. The van der Waals surface area contributed by atoms with Crippen LogP contribution in [-0.2, 0) is 4.79 Å². The minimum absolute atomic E-state index is 0.418. The van der Waals surface area contributed by atoms with Gasteiger partial charge in [0.2, 0.25) is 0 Å². The van der Waals surface area contributed by atoms with Crippen molar-refractivity contribution < 1.29 is 9.59 Å². The molecule has 2 aliphatic heterocycles. The van der Waals surface area contributed by atoms with E-state index in [1.807, 2.05) is 37.3 Å². The average Bonchev–Trinajstić information content (AvgIpc) is 2.91. The molecule has 0 radical (unpaired) electrons. The van der Waals surface area contributed by atoms with Gasteiger partial charge in [0, 0.05) is 36.3 Å². The number of hydrogen-bond acceptors (Lipinski definition) is 4. The average molecular weight is 414 g/mol. The van der Waals surface area contributed by atoms with Crippen molar-refractivity contribution in [2.45, 2.75) is 6.92 Å². The third-order valence-electron chi connectivity index (χ3n) is 5.11. The van der Waals surface area contributed by atoms with Crippen LogP contribution in [-0.4, -0.2) is 49.4 Å². The second kappa shape index (κ2) is 6.85. The van der Waals surface area contributed by atoms with Crippen molar-refractivity contribution >= 4 is 39.0 Å². The van der Waals surface area contributed by atoms with Crippen molar-refractivity contribution in [2.75, 3.05) is 42.6 Å². The first-order valence-electron chi connectivity index (χ1n) is 8.74. The first-order valence-corrected chi connectivity index (χ1v) is 9.53. The summed E-state index contributed by atoms with van der Waals surface area (Å²) >= 11 is 3.47. The molecule has 26 heavy (non-hydrogen) atoms. The van der Waals surface area contributed by atoms with Crippen molar-refractivity contribution in [3.8, 4) is 0 Å². The molecule has 0 saturated carbocycles. The number of Topliss-reactive ketones (excluding diaryl/α,β-unsaturated/α-hetero) is 1. The minimum atomic E-state index is -0.434. The summed E-state index contributed by atoms with van der Waals surface area (Å²) in [5, 5.41) is 0. The van der Waals surface area contributed by atoms with E-state index < -0.39 is 11.7 Å². The van der Waals surface area contributed by atoms with Crippen LogP contribution in [0.2, 0.25) is 0 Å². The van der Waals surface area contributed by atoms with E-state index in [0.29, 0.717) is 17.9 Å². The van der Waals surface area contributed by atoms with Gasteiger partial charge in [-0.05, 0) is 46.6 Å². The molecule has 134 valence electrons. The molecule has 6 heteroatoms. The fourth-order valence-electron chi connectivity index (χ4n) is 3.58. The number of anilines is 2. The van der Waals surface area contributed by atoms with E-state index >= 15 is 0 Å². The number of benzene rings is 2. The molecule has 0 aliphatic carbocycles. The number of carbonyl (C=O) groups excluding carboxylic acids is 2. The predicted octanol–water partition coefficient (Wildman–Crippen LogP) is 3.07. The van der Waals surface area contributed by atoms with E-state index in [-0.39, 0.29) is 0 Å². The quantitative estimate of drug-likeness (QED) is 0.725. The summed E-state index contributed by atoms with van der Waals surface area (Å²) in [6, 6.07) is 14.2. The maximum absolute atomic E-state index is 12.5. The Morgan fingerprint density at radius 2 is 1.65 bits per heavy atom. The van der Waals surface area contributed by atoms with Gasteiger partial charge >= 0.3 is 5.91 Å². The molecule has 2 heterocycles. The number of piperazine rings is 1. The molecule has 2 aliphatic rings. The zero-order valence-corrected chi connectivity index (χ0v) is 16.2. The Bertz CT molecular complexity index is 861. The molecular formula is C20H20BrN3O2. The van der Waals surface area contributed by atoms with Crippen LogP contribution >= 0.6 is 15.9 Å². The Kier molecular flexibility index (Phi) is 4.54. The largest absolute Gasteiger partial charge is 0.369 e. The first kappa shape index (κ1) is 17.2. The number of rotatable bonds is 3. The van der Waals surface area contributed by atoms with Gasteiger partial charge in [0.25, 0.3) is 5.78 Å². The van der Waals surface area contributed by atoms with E-state index in [4.69, 9.17) is 0 Å². The van der Waals surface area contributed by atoms with Crippen LogP contribution in [0, 0.1) is 6.92 Å². The van der Waals surface area contributed by atoms with Crippen LogP contribution in [0.15, 0.2) is 46.9 Å². The number of carbonyl (C=O) groups is 2. The van der Waals surface area contributed by atoms with E-state index in [1.165, 1.54) is 5.69 Å². The van der Waals surface area contributed by atoms with Crippen LogP contribution in [0.5, 0.6) is 0 Å². The van der Waals surface area contributed by atoms with Crippen LogP contribution in [0.3, 0.4) is 0 Å². The molecule has 5 nitrogen and oxygen atoms in total. The number of para-hydroxylation sites is 1. The van der Waals surface area contributed by atoms with Crippen molar-refractivity contribution in [3.05, 3.63) is 58.1 Å². The summed E-state index contributed by atoms with van der Waals surface area (Å²) in [5.74, 6) is -0.852. The van der Waals surface area contributed by atoms with Gasteiger partial charge < -0.3 is 4.90 Å². The first-order chi connectivity index (χ1) is 12.6. The monoisotopic (exact) mass is 413 g/mol. The second-order valence-corrected chi connectivity index (χ2v) is 7.53. The molecule has 0 N–H and O–H groups in total. The number of hydrogen-bond donors (Lipinski definition) is 0. The highest BCUT2D eigenvalue weighted by molar-refractivity contribution is 9.10. The van der Waals surface area contributed by atoms with Gasteiger partial charge in [0.15, 0.2) is 0 Å². The Balaban J connectivity index is 1.47. The highest BCUT2D eigenvalue weighted by Crippen LogP contribution is 2.36. The number of aryl methyl sites for hydroxylation is 1. The van der Waals surface area contributed by atoms with Crippen LogP contribution in [0.25, 0.3) is 0 Å². The standard InChI is InChI=1S/C20H20BrN3O2/c1-14-7-8-16-17(18(14)21)19(25)20(26)24(16)13-22-9-11-23(12-10-22)15-5-3-2-4-6-15/h2-8H,9-13H2,1H3. The summed E-state index contributed by atoms with van der Waals surface area (Å²) in [6.07, 6.45) is 0. The number of fused-ring (bicyclic) bond motifs is 1. The maximum Gasteiger partial charge on any atom is 0.300 e. The summed E-state index contributed by atoms with van der Waals surface area (Å²) in [6.45, 7) is 5.91. The zero-order valence-electron chi connectivity index (χ0n) is 14.6. The van der Waals surface area contributed by atoms with Gasteiger partial charge in [-0.3, -0.25) is 19.4 Å². The molecule has 2 aromatic rings. The van der Waals surface area contributed by atoms with Crippen LogP contribution in [0.1, 0.15) is 15.9 Å². The topological polar surface area (TPSA) is 43.9 Å². The normalized spacial score (nSPS) is 17.8. The molecule has 0 unspecified atom stereocenters. The summed E-state index contributed by atoms with van der Waals surface area (Å²) in [4.78, 5) is 31.1. The lowest BCUT2D eigenvalue weighted by Crippen LogP contribution is -2.51. The molecule has 0 spiro atoms. The molecular weight excluding hydrogens is 394 g/mol. The second-order valence-electron chi connectivity index (χ2n) is 6.73. The minimum Gasteiger partial charge on any atom is -0.369 e.